The number of carbonyl (C=O) groups excluding carboxylic acids is 1. The Kier molecular flexibility index (Phi) is 4.85. The summed E-state index contributed by atoms with van der Waals surface area (Å²) in [7, 11) is 1.58. The summed E-state index contributed by atoms with van der Waals surface area (Å²) in [6.45, 7) is 3.79. The minimum absolute atomic E-state index is 0.00478. The van der Waals surface area contributed by atoms with Gasteiger partial charge in [-0.15, -0.1) is 5.10 Å². The first-order valence-corrected chi connectivity index (χ1v) is 7.48. The van der Waals surface area contributed by atoms with Gasteiger partial charge in [0.1, 0.15) is 5.75 Å². The van der Waals surface area contributed by atoms with Crippen LogP contribution < -0.4 is 10.4 Å². The normalized spacial score (nSPS) is 10.9. The van der Waals surface area contributed by atoms with Gasteiger partial charge in [-0.3, -0.25) is 9.36 Å². The first-order valence-electron chi connectivity index (χ1n) is 6.50. The summed E-state index contributed by atoms with van der Waals surface area (Å²) in [4.78, 5) is 23.7. The van der Waals surface area contributed by atoms with Gasteiger partial charge < -0.3 is 4.74 Å². The Balaban J connectivity index is 2.05. The molecule has 0 saturated carbocycles. The van der Waals surface area contributed by atoms with Crippen LogP contribution in [0.4, 0.5) is 0 Å². The van der Waals surface area contributed by atoms with Crippen LogP contribution in [0, 0.1) is 0 Å². The molecule has 2 aromatic rings. The van der Waals surface area contributed by atoms with Crippen LogP contribution in [0.2, 0.25) is 0 Å². The average molecular weight is 307 g/mol. The fourth-order valence-electron chi connectivity index (χ4n) is 1.84. The second-order valence-electron chi connectivity index (χ2n) is 4.72. The number of H-pyrrole nitrogens is 1. The molecule has 0 aliphatic carbocycles. The number of hydrogen-bond acceptors (Lipinski definition) is 5. The summed E-state index contributed by atoms with van der Waals surface area (Å²) >= 11 is 1.25. The second-order valence-corrected chi connectivity index (χ2v) is 5.66. The van der Waals surface area contributed by atoms with Crippen LogP contribution in [0.25, 0.3) is 0 Å². The molecule has 0 unspecified atom stereocenters. The molecule has 1 aromatic heterocycles. The molecule has 7 heteroatoms. The molecular weight excluding hydrogens is 290 g/mol. The minimum atomic E-state index is -0.260. The van der Waals surface area contributed by atoms with E-state index < -0.39 is 0 Å². The Hall–Kier alpha value is -2.02. The van der Waals surface area contributed by atoms with Crippen molar-refractivity contribution in [2.75, 3.05) is 12.9 Å². The van der Waals surface area contributed by atoms with Gasteiger partial charge in [-0.1, -0.05) is 11.8 Å². The number of aromatic nitrogens is 3. The van der Waals surface area contributed by atoms with Gasteiger partial charge in [0, 0.05) is 11.6 Å². The molecule has 112 valence electrons. The zero-order valence-corrected chi connectivity index (χ0v) is 12.9. The Morgan fingerprint density at radius 1 is 1.38 bits per heavy atom. The van der Waals surface area contributed by atoms with Crippen LogP contribution in [0.5, 0.6) is 5.75 Å². The number of ketones is 1. The molecule has 0 spiro atoms. The van der Waals surface area contributed by atoms with E-state index in [1.807, 2.05) is 13.8 Å². The number of hydrogen-bond donors (Lipinski definition) is 1. The van der Waals surface area contributed by atoms with Gasteiger partial charge in [0.05, 0.1) is 12.9 Å². The van der Waals surface area contributed by atoms with Crippen molar-refractivity contribution in [1.29, 1.82) is 0 Å². The zero-order chi connectivity index (χ0) is 15.4. The lowest BCUT2D eigenvalue weighted by Gasteiger charge is -2.08. The van der Waals surface area contributed by atoms with Gasteiger partial charge in [-0.25, -0.2) is 9.89 Å². The summed E-state index contributed by atoms with van der Waals surface area (Å²) in [6.07, 6.45) is 0. The molecule has 2 rings (SSSR count). The predicted octanol–water partition coefficient (Wildman–Crippen LogP) is 2.14. The molecule has 1 heterocycles. The van der Waals surface area contributed by atoms with Gasteiger partial charge in [0.25, 0.3) is 0 Å². The van der Waals surface area contributed by atoms with Crippen LogP contribution >= 0.6 is 11.8 Å². The van der Waals surface area contributed by atoms with E-state index in [4.69, 9.17) is 4.74 Å². The van der Waals surface area contributed by atoms with Crippen LogP contribution in [0.3, 0.4) is 0 Å². The fourth-order valence-corrected chi connectivity index (χ4v) is 2.81. The van der Waals surface area contributed by atoms with E-state index in [-0.39, 0.29) is 23.3 Å². The number of methoxy groups -OCH3 is 1. The lowest BCUT2D eigenvalue weighted by Crippen LogP contribution is -2.19. The van der Waals surface area contributed by atoms with E-state index in [9.17, 15) is 9.59 Å². The maximum atomic E-state index is 12.1. The van der Waals surface area contributed by atoms with Crippen molar-refractivity contribution >= 4 is 17.5 Å². The van der Waals surface area contributed by atoms with E-state index in [2.05, 4.69) is 10.2 Å². The van der Waals surface area contributed by atoms with Crippen molar-refractivity contribution in [3.63, 3.8) is 0 Å². The number of benzene rings is 1. The minimum Gasteiger partial charge on any atom is -0.497 e. The summed E-state index contributed by atoms with van der Waals surface area (Å²) in [5.41, 5.74) is 0.349. The van der Waals surface area contributed by atoms with E-state index >= 15 is 0 Å². The first-order chi connectivity index (χ1) is 10.0. The smallest absolute Gasteiger partial charge is 0.344 e. The Morgan fingerprint density at radius 2 is 2.05 bits per heavy atom. The maximum absolute atomic E-state index is 12.1. The van der Waals surface area contributed by atoms with Crippen LogP contribution in [0.1, 0.15) is 30.2 Å². The number of rotatable bonds is 6. The molecule has 6 nitrogen and oxygen atoms in total. The monoisotopic (exact) mass is 307 g/mol. The molecule has 21 heavy (non-hydrogen) atoms. The standard InChI is InChI=1S/C14H17N3O3S/c1-9(2)17-13(19)15-16-14(17)21-8-12(18)10-4-6-11(20-3)7-5-10/h4-7,9H,8H2,1-3H3,(H,15,19). The molecule has 0 aliphatic rings. The van der Waals surface area contributed by atoms with Gasteiger partial charge in [0.15, 0.2) is 10.9 Å². The number of ether oxygens (including phenoxy) is 1. The highest BCUT2D eigenvalue weighted by atomic mass is 32.2. The van der Waals surface area contributed by atoms with Crippen molar-refractivity contribution in [3.8, 4) is 5.75 Å². The number of carbonyl (C=O) groups is 1. The lowest BCUT2D eigenvalue weighted by atomic mass is 10.1. The third-order valence-corrected chi connectivity index (χ3v) is 3.89. The highest BCUT2D eigenvalue weighted by Gasteiger charge is 2.14. The maximum Gasteiger partial charge on any atom is 0.344 e. The van der Waals surface area contributed by atoms with E-state index in [1.54, 1.807) is 31.4 Å². The Morgan fingerprint density at radius 3 is 2.62 bits per heavy atom. The van der Waals surface area contributed by atoms with Crippen molar-refractivity contribution in [2.45, 2.75) is 25.0 Å². The summed E-state index contributed by atoms with van der Waals surface area (Å²) in [5, 5.41) is 6.88. The Labute approximate surface area is 126 Å². The summed E-state index contributed by atoms with van der Waals surface area (Å²) < 4.78 is 6.59. The van der Waals surface area contributed by atoms with Crippen molar-refractivity contribution in [1.82, 2.24) is 14.8 Å². The van der Waals surface area contributed by atoms with E-state index in [0.29, 0.717) is 16.5 Å². The molecule has 0 radical (unpaired) electrons. The number of nitrogens with one attached hydrogen (secondary N) is 1. The third-order valence-electron chi connectivity index (χ3n) is 2.93. The lowest BCUT2D eigenvalue weighted by molar-refractivity contribution is 0.102. The zero-order valence-electron chi connectivity index (χ0n) is 12.1. The molecule has 0 fully saturated rings. The predicted molar refractivity (Wildman–Crippen MR) is 81.3 cm³/mol. The number of aromatic amines is 1. The first kappa shape index (κ1) is 15.4. The third kappa shape index (κ3) is 3.55. The molecule has 0 atom stereocenters. The van der Waals surface area contributed by atoms with Crippen molar-refractivity contribution in [3.05, 3.63) is 40.3 Å². The largest absolute Gasteiger partial charge is 0.497 e. The summed E-state index contributed by atoms with van der Waals surface area (Å²) in [6, 6.07) is 6.94. The number of Topliss-reactive ketones (excluding diaryl/α,β-unsaturated/α-hetero) is 1. The molecule has 0 amide bonds. The molecular formula is C14H17N3O3S. The molecule has 0 bridgehead atoms. The van der Waals surface area contributed by atoms with E-state index in [1.165, 1.54) is 16.3 Å². The van der Waals surface area contributed by atoms with Gasteiger partial charge in [0.2, 0.25) is 0 Å². The number of nitrogens with zero attached hydrogens (tertiary/aromatic N) is 2. The Bertz CT molecular complexity index is 674. The molecule has 0 aliphatic heterocycles. The topological polar surface area (TPSA) is 77.0 Å². The van der Waals surface area contributed by atoms with Gasteiger partial charge in [-0.05, 0) is 38.1 Å². The molecule has 0 saturated heterocycles. The highest BCUT2D eigenvalue weighted by molar-refractivity contribution is 7.99. The van der Waals surface area contributed by atoms with Gasteiger partial charge >= 0.3 is 5.69 Å². The molecule has 1 aromatic carbocycles. The fraction of sp³-hybridized carbons (Fsp3) is 0.357. The van der Waals surface area contributed by atoms with E-state index in [0.717, 1.165) is 0 Å². The highest BCUT2D eigenvalue weighted by Crippen LogP contribution is 2.19. The van der Waals surface area contributed by atoms with Crippen molar-refractivity contribution < 1.29 is 9.53 Å². The van der Waals surface area contributed by atoms with Gasteiger partial charge in [-0.2, -0.15) is 0 Å². The van der Waals surface area contributed by atoms with Crippen LogP contribution in [0.15, 0.2) is 34.2 Å². The molecule has 1 N–H and O–H groups in total. The van der Waals surface area contributed by atoms with Crippen LogP contribution in [-0.2, 0) is 0 Å². The number of thioether (sulfide) groups is 1. The average Bonchev–Trinajstić information content (AvgIpc) is 2.86. The summed E-state index contributed by atoms with van der Waals surface area (Å²) in [5.74, 6) is 0.914. The SMILES string of the molecule is COc1ccc(C(=O)CSc2n[nH]c(=O)n2C(C)C)cc1. The van der Waals surface area contributed by atoms with Crippen LogP contribution in [-0.4, -0.2) is 33.4 Å². The van der Waals surface area contributed by atoms with Crippen molar-refractivity contribution in [2.24, 2.45) is 0 Å². The quantitative estimate of drug-likeness (QED) is 0.653. The second kappa shape index (κ2) is 6.62.